The van der Waals surface area contributed by atoms with E-state index >= 15 is 0 Å². The Morgan fingerprint density at radius 2 is 1.68 bits per heavy atom. The summed E-state index contributed by atoms with van der Waals surface area (Å²) in [6.07, 6.45) is 5.34. The van der Waals surface area contributed by atoms with E-state index in [4.69, 9.17) is 0 Å². The van der Waals surface area contributed by atoms with E-state index < -0.39 is 0 Å². The molecule has 2 fully saturated rings. The summed E-state index contributed by atoms with van der Waals surface area (Å²) in [7, 11) is 0. The van der Waals surface area contributed by atoms with E-state index in [2.05, 4.69) is 32.5 Å². The predicted octanol–water partition coefficient (Wildman–Crippen LogP) is 3.30. The fraction of sp³-hybridized carbons (Fsp3) is 0.500. The van der Waals surface area contributed by atoms with E-state index in [0.717, 1.165) is 37.3 Å². The lowest BCUT2D eigenvalue weighted by molar-refractivity contribution is -0.140. The molecule has 0 spiro atoms. The molecule has 2 aliphatic heterocycles. The number of likely N-dealkylation sites (tertiary alicyclic amines) is 1. The van der Waals surface area contributed by atoms with Crippen molar-refractivity contribution in [1.82, 2.24) is 15.1 Å². The molecule has 0 aliphatic carbocycles. The van der Waals surface area contributed by atoms with Crippen molar-refractivity contribution in [3.05, 3.63) is 48.3 Å². The molecule has 2 aliphatic rings. The van der Waals surface area contributed by atoms with E-state index in [1.807, 2.05) is 43.9 Å². The van der Waals surface area contributed by atoms with Gasteiger partial charge in [-0.15, -0.1) is 0 Å². The lowest BCUT2D eigenvalue weighted by atomic mass is 9.87. The van der Waals surface area contributed by atoms with Crippen molar-refractivity contribution >= 4 is 23.2 Å². The number of carbonyl (C=O) groups is 2. The number of hydrogen-bond donors (Lipinski definition) is 1. The second-order valence-corrected chi connectivity index (χ2v) is 9.63. The molecule has 0 atom stereocenters. The van der Waals surface area contributed by atoms with Crippen LogP contribution >= 0.6 is 0 Å². The van der Waals surface area contributed by atoms with Gasteiger partial charge in [-0.2, -0.15) is 10.2 Å². The van der Waals surface area contributed by atoms with Crippen molar-refractivity contribution in [3.8, 4) is 0 Å². The smallest absolute Gasteiger partial charge is 0.231 e. The number of amides is 2. The van der Waals surface area contributed by atoms with Crippen LogP contribution < -0.4 is 10.2 Å². The Morgan fingerprint density at radius 3 is 2.26 bits per heavy atom. The summed E-state index contributed by atoms with van der Waals surface area (Å²) in [5.74, 6) is 0.735. The number of hydrogen-bond acceptors (Lipinski definition) is 5. The van der Waals surface area contributed by atoms with E-state index in [0.29, 0.717) is 19.0 Å². The largest absolute Gasteiger partial charge is 0.368 e. The van der Waals surface area contributed by atoms with Crippen LogP contribution in [0.5, 0.6) is 0 Å². The van der Waals surface area contributed by atoms with Crippen LogP contribution in [0, 0.1) is 11.3 Å². The van der Waals surface area contributed by atoms with Crippen LogP contribution in [0.1, 0.15) is 45.1 Å². The predicted molar refractivity (Wildman–Crippen MR) is 121 cm³/mol. The monoisotopic (exact) mass is 421 g/mol. The maximum absolute atomic E-state index is 12.5. The van der Waals surface area contributed by atoms with Gasteiger partial charge in [0.05, 0.1) is 24.0 Å². The first kappa shape index (κ1) is 21.3. The van der Waals surface area contributed by atoms with Crippen molar-refractivity contribution < 1.29 is 9.59 Å². The van der Waals surface area contributed by atoms with E-state index in [1.165, 1.54) is 5.56 Å². The number of rotatable bonds is 4. The highest BCUT2D eigenvalue weighted by Gasteiger charge is 2.33. The van der Waals surface area contributed by atoms with Gasteiger partial charge < -0.3 is 15.1 Å². The molecule has 3 heterocycles. The molecule has 0 unspecified atom stereocenters. The number of carbonyl (C=O) groups excluding carboxylic acids is 2. The number of piperidine rings is 1. The number of anilines is 2. The molecule has 4 rings (SSSR count). The van der Waals surface area contributed by atoms with Crippen molar-refractivity contribution in [3.63, 3.8) is 0 Å². The molecule has 2 saturated heterocycles. The van der Waals surface area contributed by atoms with Crippen molar-refractivity contribution in [2.75, 3.05) is 36.4 Å². The van der Waals surface area contributed by atoms with Gasteiger partial charge in [-0.05, 0) is 42.5 Å². The van der Waals surface area contributed by atoms with Crippen LogP contribution in [-0.4, -0.2) is 53.1 Å². The van der Waals surface area contributed by atoms with Crippen LogP contribution in [0.3, 0.4) is 0 Å². The van der Waals surface area contributed by atoms with Gasteiger partial charge in [-0.25, -0.2) is 0 Å². The molecular formula is C24H31N5O2. The zero-order valence-electron chi connectivity index (χ0n) is 18.5. The molecule has 31 heavy (non-hydrogen) atoms. The van der Waals surface area contributed by atoms with Gasteiger partial charge in [0.2, 0.25) is 11.8 Å². The Bertz CT molecular complexity index is 909. The van der Waals surface area contributed by atoms with Crippen LogP contribution in [0.25, 0.3) is 0 Å². The van der Waals surface area contributed by atoms with Crippen molar-refractivity contribution in [2.45, 2.75) is 39.5 Å². The van der Waals surface area contributed by atoms with Gasteiger partial charge in [0, 0.05) is 37.3 Å². The standard InChI is InChI=1S/C24H31N5O2/c1-24(2,3)23(31)28-12-9-18(10-13-28)17-4-6-20(7-5-17)27-22(30)19-15-29(16-19)21-8-11-25-26-14-21/h4-8,11,14,18-19H,9-10,12-13,15-16H2,1-3H3,(H,27,30). The third kappa shape index (κ3) is 4.86. The maximum atomic E-state index is 12.5. The highest BCUT2D eigenvalue weighted by atomic mass is 16.2. The first-order valence-corrected chi connectivity index (χ1v) is 11.0. The average Bonchev–Trinajstić information content (AvgIpc) is 2.73. The molecular weight excluding hydrogens is 390 g/mol. The van der Waals surface area contributed by atoms with Crippen LogP contribution in [0.15, 0.2) is 42.7 Å². The zero-order valence-corrected chi connectivity index (χ0v) is 18.5. The lowest BCUT2D eigenvalue weighted by Crippen LogP contribution is -2.52. The quantitative estimate of drug-likeness (QED) is 0.820. The molecule has 0 radical (unpaired) electrons. The van der Waals surface area contributed by atoms with E-state index in [9.17, 15) is 9.59 Å². The van der Waals surface area contributed by atoms with Crippen LogP contribution in [-0.2, 0) is 9.59 Å². The highest BCUT2D eigenvalue weighted by molar-refractivity contribution is 5.94. The molecule has 1 aromatic carbocycles. The Kier molecular flexibility index (Phi) is 5.94. The van der Waals surface area contributed by atoms with E-state index in [-0.39, 0.29) is 23.1 Å². The fourth-order valence-electron chi connectivity index (χ4n) is 4.30. The number of benzene rings is 1. The number of nitrogens with one attached hydrogen (secondary N) is 1. The van der Waals surface area contributed by atoms with Gasteiger partial charge >= 0.3 is 0 Å². The minimum Gasteiger partial charge on any atom is -0.368 e. The van der Waals surface area contributed by atoms with E-state index in [1.54, 1.807) is 12.4 Å². The van der Waals surface area contributed by atoms with Gasteiger partial charge in [0.1, 0.15) is 0 Å². The average molecular weight is 422 g/mol. The van der Waals surface area contributed by atoms with Gasteiger partial charge in [-0.1, -0.05) is 32.9 Å². The molecule has 2 amide bonds. The second kappa shape index (κ2) is 8.65. The Balaban J connectivity index is 1.26. The molecule has 2 aromatic rings. The molecule has 1 aromatic heterocycles. The molecule has 164 valence electrons. The lowest BCUT2D eigenvalue weighted by Gasteiger charge is -2.39. The molecule has 7 nitrogen and oxygen atoms in total. The summed E-state index contributed by atoms with van der Waals surface area (Å²) in [4.78, 5) is 29.1. The van der Waals surface area contributed by atoms with Gasteiger partial charge in [0.15, 0.2) is 0 Å². The minimum absolute atomic E-state index is 0.0162. The summed E-state index contributed by atoms with van der Waals surface area (Å²) in [6.45, 7) is 8.95. The fourth-order valence-corrected chi connectivity index (χ4v) is 4.30. The van der Waals surface area contributed by atoms with Crippen LogP contribution in [0.4, 0.5) is 11.4 Å². The van der Waals surface area contributed by atoms with Crippen molar-refractivity contribution in [1.29, 1.82) is 0 Å². The normalized spacial score (nSPS) is 17.9. The Hall–Kier alpha value is -2.96. The summed E-state index contributed by atoms with van der Waals surface area (Å²) in [5, 5.41) is 10.7. The molecule has 0 bridgehead atoms. The van der Waals surface area contributed by atoms with Gasteiger partial charge in [-0.3, -0.25) is 9.59 Å². The van der Waals surface area contributed by atoms with Crippen molar-refractivity contribution in [2.24, 2.45) is 11.3 Å². The molecule has 0 saturated carbocycles. The molecule has 7 heteroatoms. The topological polar surface area (TPSA) is 78.4 Å². The minimum atomic E-state index is -0.320. The SMILES string of the molecule is CC(C)(C)C(=O)N1CCC(c2ccc(NC(=O)C3CN(c4ccnnc4)C3)cc2)CC1. The maximum Gasteiger partial charge on any atom is 0.231 e. The Labute approximate surface area is 183 Å². The number of aromatic nitrogens is 2. The third-order valence-electron chi connectivity index (χ3n) is 6.26. The summed E-state index contributed by atoms with van der Waals surface area (Å²) in [5.41, 5.74) is 2.79. The third-order valence-corrected chi connectivity index (χ3v) is 6.26. The highest BCUT2D eigenvalue weighted by Crippen LogP contribution is 2.31. The van der Waals surface area contributed by atoms with Crippen LogP contribution in [0.2, 0.25) is 0 Å². The Morgan fingerprint density at radius 1 is 1.00 bits per heavy atom. The second-order valence-electron chi connectivity index (χ2n) is 9.63. The first-order chi connectivity index (χ1) is 14.8. The summed E-state index contributed by atoms with van der Waals surface area (Å²) < 4.78 is 0. The summed E-state index contributed by atoms with van der Waals surface area (Å²) >= 11 is 0. The number of nitrogens with zero attached hydrogens (tertiary/aromatic N) is 4. The first-order valence-electron chi connectivity index (χ1n) is 11.0. The molecule has 1 N–H and O–H groups in total. The van der Waals surface area contributed by atoms with Gasteiger partial charge in [0.25, 0.3) is 0 Å². The summed E-state index contributed by atoms with van der Waals surface area (Å²) in [6, 6.07) is 10.1. The zero-order chi connectivity index (χ0) is 22.0.